The fourth-order valence-corrected chi connectivity index (χ4v) is 3.03. The molecule has 3 aromatic rings. The van der Waals surface area contributed by atoms with Crippen LogP contribution in [0, 0.1) is 0 Å². The van der Waals surface area contributed by atoms with Gasteiger partial charge < -0.3 is 5.11 Å². The third-order valence-corrected chi connectivity index (χ3v) is 3.97. The molecule has 0 saturated heterocycles. The van der Waals surface area contributed by atoms with E-state index >= 15 is 0 Å². The molecule has 108 valence electrons. The topological polar surface area (TPSA) is 55.1 Å². The van der Waals surface area contributed by atoms with Gasteiger partial charge in [0, 0.05) is 16.7 Å². The summed E-state index contributed by atoms with van der Waals surface area (Å²) >= 11 is 0. The van der Waals surface area contributed by atoms with Gasteiger partial charge in [0.1, 0.15) is 5.69 Å². The van der Waals surface area contributed by atoms with Crippen molar-refractivity contribution in [1.29, 1.82) is 0 Å². The lowest BCUT2D eigenvalue weighted by atomic mass is 10.0. The van der Waals surface area contributed by atoms with Gasteiger partial charge in [0.25, 0.3) is 0 Å². The first-order chi connectivity index (χ1) is 10.8. The molecule has 0 spiro atoms. The van der Waals surface area contributed by atoms with Crippen molar-refractivity contribution in [3.63, 3.8) is 0 Å². The van der Waals surface area contributed by atoms with Crippen molar-refractivity contribution in [1.82, 2.24) is 9.78 Å². The molecule has 0 aliphatic heterocycles. The van der Waals surface area contributed by atoms with E-state index < -0.39 is 0 Å². The van der Waals surface area contributed by atoms with Crippen LogP contribution in [0.5, 0.6) is 0 Å². The third kappa shape index (κ3) is 1.74. The van der Waals surface area contributed by atoms with Crippen LogP contribution in [0.4, 0.5) is 0 Å². The van der Waals surface area contributed by atoms with Crippen LogP contribution in [-0.2, 0) is 6.54 Å². The molecule has 2 aromatic carbocycles. The summed E-state index contributed by atoms with van der Waals surface area (Å²) in [5.41, 5.74) is 4.65. The summed E-state index contributed by atoms with van der Waals surface area (Å²) < 4.78 is 1.74. The molecule has 1 aromatic heterocycles. The molecule has 1 N–H and O–H groups in total. The van der Waals surface area contributed by atoms with Crippen molar-refractivity contribution in [3.05, 3.63) is 65.7 Å². The molecule has 4 heteroatoms. The van der Waals surface area contributed by atoms with Crippen LogP contribution in [0.2, 0.25) is 0 Å². The van der Waals surface area contributed by atoms with Gasteiger partial charge >= 0.3 is 0 Å². The Morgan fingerprint density at radius 3 is 2.36 bits per heavy atom. The molecule has 22 heavy (non-hydrogen) atoms. The Morgan fingerprint density at radius 1 is 0.955 bits per heavy atom. The summed E-state index contributed by atoms with van der Waals surface area (Å²) in [6.07, 6.45) is 0. The number of hydrogen-bond donors (Lipinski definition) is 1. The molecule has 0 bridgehead atoms. The number of rotatable bonds is 3. The highest BCUT2D eigenvalue weighted by Crippen LogP contribution is 2.41. The van der Waals surface area contributed by atoms with Crippen molar-refractivity contribution in [2.24, 2.45) is 0 Å². The van der Waals surface area contributed by atoms with E-state index in [1.807, 2.05) is 54.6 Å². The van der Waals surface area contributed by atoms with E-state index in [0.29, 0.717) is 23.4 Å². The zero-order valence-electron chi connectivity index (χ0n) is 11.9. The van der Waals surface area contributed by atoms with Gasteiger partial charge in [-0.2, -0.15) is 5.10 Å². The standard InChI is InChI=1S/C18H14N2O2/c21-11-10-20-17-13-8-4-5-9-14(13)18(22)15(17)16(19-20)12-6-2-1-3-7-12/h1-9,21H,10-11H2. The van der Waals surface area contributed by atoms with Crippen molar-refractivity contribution < 1.29 is 9.90 Å². The summed E-state index contributed by atoms with van der Waals surface area (Å²) in [6.45, 7) is 0.357. The second kappa shape index (κ2) is 4.93. The second-order valence-corrected chi connectivity index (χ2v) is 5.26. The maximum atomic E-state index is 12.8. The lowest BCUT2D eigenvalue weighted by Crippen LogP contribution is -2.05. The fourth-order valence-electron chi connectivity index (χ4n) is 3.03. The zero-order valence-corrected chi connectivity index (χ0v) is 11.9. The molecule has 0 amide bonds. The molecule has 0 fully saturated rings. The molecule has 1 heterocycles. The van der Waals surface area contributed by atoms with Gasteiger partial charge in [-0.3, -0.25) is 9.48 Å². The molecule has 0 saturated carbocycles. The van der Waals surface area contributed by atoms with Crippen LogP contribution >= 0.6 is 0 Å². The highest BCUT2D eigenvalue weighted by atomic mass is 16.3. The van der Waals surface area contributed by atoms with E-state index in [2.05, 4.69) is 5.10 Å². The maximum Gasteiger partial charge on any atom is 0.198 e. The predicted molar refractivity (Wildman–Crippen MR) is 83.6 cm³/mol. The van der Waals surface area contributed by atoms with E-state index in [-0.39, 0.29) is 12.4 Å². The monoisotopic (exact) mass is 290 g/mol. The Labute approximate surface area is 127 Å². The molecule has 4 rings (SSSR count). The lowest BCUT2D eigenvalue weighted by Gasteiger charge is -2.04. The highest BCUT2D eigenvalue weighted by molar-refractivity contribution is 6.23. The van der Waals surface area contributed by atoms with E-state index in [4.69, 9.17) is 0 Å². The van der Waals surface area contributed by atoms with E-state index in [0.717, 1.165) is 16.8 Å². The number of aromatic nitrogens is 2. The number of aliphatic hydroxyl groups excluding tert-OH is 1. The number of carbonyl (C=O) groups excluding carboxylic acids is 1. The van der Waals surface area contributed by atoms with Crippen molar-refractivity contribution >= 4 is 5.78 Å². The SMILES string of the molecule is O=C1c2ccccc2-c2c1c(-c1ccccc1)nn2CCO. The Kier molecular flexibility index (Phi) is 2.91. The van der Waals surface area contributed by atoms with Gasteiger partial charge in [-0.1, -0.05) is 54.6 Å². The van der Waals surface area contributed by atoms with Crippen LogP contribution in [0.25, 0.3) is 22.5 Å². The normalized spacial score (nSPS) is 12.3. The lowest BCUT2D eigenvalue weighted by molar-refractivity contribution is 0.104. The Bertz CT molecular complexity index is 866. The first-order valence-corrected chi connectivity index (χ1v) is 7.22. The van der Waals surface area contributed by atoms with Crippen molar-refractivity contribution in [3.8, 4) is 22.5 Å². The van der Waals surface area contributed by atoms with Crippen LogP contribution in [0.15, 0.2) is 54.6 Å². The molecule has 1 aliphatic carbocycles. The zero-order chi connectivity index (χ0) is 15.1. The van der Waals surface area contributed by atoms with Gasteiger partial charge in [0.2, 0.25) is 0 Å². The number of nitrogens with zero attached hydrogens (tertiary/aromatic N) is 2. The number of ketones is 1. The summed E-state index contributed by atoms with van der Waals surface area (Å²) in [5, 5.41) is 13.9. The van der Waals surface area contributed by atoms with E-state index in [1.54, 1.807) is 4.68 Å². The summed E-state index contributed by atoms with van der Waals surface area (Å²) in [4.78, 5) is 12.8. The van der Waals surface area contributed by atoms with Gasteiger partial charge in [-0.25, -0.2) is 0 Å². The van der Waals surface area contributed by atoms with Gasteiger partial charge in [-0.05, 0) is 0 Å². The van der Waals surface area contributed by atoms with E-state index in [1.165, 1.54) is 0 Å². The summed E-state index contributed by atoms with van der Waals surface area (Å²) in [6, 6.07) is 17.3. The molecule has 0 radical (unpaired) electrons. The maximum absolute atomic E-state index is 12.8. The molecule has 4 nitrogen and oxygen atoms in total. The molecular weight excluding hydrogens is 276 g/mol. The summed E-state index contributed by atoms with van der Waals surface area (Å²) in [7, 11) is 0. The number of fused-ring (bicyclic) bond motifs is 3. The first kappa shape index (κ1) is 13.0. The average molecular weight is 290 g/mol. The van der Waals surface area contributed by atoms with Crippen LogP contribution < -0.4 is 0 Å². The van der Waals surface area contributed by atoms with Gasteiger partial charge in [0.05, 0.1) is 24.4 Å². The number of benzene rings is 2. The van der Waals surface area contributed by atoms with Crippen molar-refractivity contribution in [2.45, 2.75) is 6.54 Å². The van der Waals surface area contributed by atoms with E-state index in [9.17, 15) is 9.90 Å². The molecule has 0 atom stereocenters. The Balaban J connectivity index is 2.01. The molecular formula is C18H14N2O2. The first-order valence-electron chi connectivity index (χ1n) is 7.22. The van der Waals surface area contributed by atoms with Crippen LogP contribution in [0.3, 0.4) is 0 Å². The quantitative estimate of drug-likeness (QED) is 0.631. The van der Waals surface area contributed by atoms with Crippen LogP contribution in [0.1, 0.15) is 15.9 Å². The molecule has 0 unspecified atom stereocenters. The minimum absolute atomic E-state index is 0.00800. The Morgan fingerprint density at radius 2 is 1.64 bits per heavy atom. The Hall–Kier alpha value is -2.72. The van der Waals surface area contributed by atoms with Crippen LogP contribution in [-0.4, -0.2) is 27.3 Å². The molecule has 1 aliphatic rings. The summed E-state index contributed by atoms with van der Waals surface area (Å²) in [5.74, 6) is 0.00800. The van der Waals surface area contributed by atoms with Crippen molar-refractivity contribution in [2.75, 3.05) is 6.61 Å². The largest absolute Gasteiger partial charge is 0.394 e. The second-order valence-electron chi connectivity index (χ2n) is 5.26. The van der Waals surface area contributed by atoms with Gasteiger partial charge in [-0.15, -0.1) is 0 Å². The third-order valence-electron chi connectivity index (χ3n) is 3.97. The average Bonchev–Trinajstić information content (AvgIpc) is 3.07. The predicted octanol–water partition coefficient (Wildman–Crippen LogP) is 2.75. The fraction of sp³-hybridized carbons (Fsp3) is 0.111. The smallest absolute Gasteiger partial charge is 0.198 e. The number of carbonyl (C=O) groups is 1. The minimum atomic E-state index is -0.0152. The van der Waals surface area contributed by atoms with Gasteiger partial charge in [0.15, 0.2) is 5.78 Å². The number of hydrogen-bond acceptors (Lipinski definition) is 3. The highest BCUT2D eigenvalue weighted by Gasteiger charge is 2.34. The number of aliphatic hydroxyl groups is 1. The minimum Gasteiger partial charge on any atom is -0.394 e.